The van der Waals surface area contributed by atoms with Crippen LogP contribution in [-0.2, 0) is 20.9 Å². The summed E-state index contributed by atoms with van der Waals surface area (Å²) in [5.41, 5.74) is 0.255. The van der Waals surface area contributed by atoms with Gasteiger partial charge in [-0.25, -0.2) is 4.79 Å². The Hall–Kier alpha value is -1.90. The normalized spacial score (nSPS) is 10.6. The molecule has 0 aliphatic carbocycles. The highest BCUT2D eigenvalue weighted by atomic mass is 79.9. The monoisotopic (exact) mass is 317 g/mol. The summed E-state index contributed by atoms with van der Waals surface area (Å²) in [7, 11) is 1.21. The van der Waals surface area contributed by atoms with Crippen molar-refractivity contribution in [1.82, 2.24) is 14.6 Å². The van der Waals surface area contributed by atoms with E-state index in [4.69, 9.17) is 9.15 Å². The zero-order chi connectivity index (χ0) is 13.3. The fraction of sp³-hybridized carbons (Fsp3) is 0.333. The first-order valence-electron chi connectivity index (χ1n) is 4.78. The van der Waals surface area contributed by atoms with Gasteiger partial charge in [0.05, 0.1) is 7.11 Å². The molecule has 0 saturated heterocycles. The molecule has 18 heavy (non-hydrogen) atoms. The first kappa shape index (κ1) is 12.6. The first-order chi connectivity index (χ1) is 8.52. The minimum atomic E-state index is -0.694. The van der Waals surface area contributed by atoms with Gasteiger partial charge in [0.1, 0.15) is 12.3 Å². The number of carbonyl (C=O) groups is 2. The topological polar surface area (TPSA) is 95.9 Å². The summed E-state index contributed by atoms with van der Waals surface area (Å²) in [4.78, 5) is 26.2. The number of methoxy groups -OCH3 is 1. The Labute approximate surface area is 109 Å². The molecule has 0 aromatic carbocycles. The number of aromatic nitrogens is 3. The van der Waals surface area contributed by atoms with E-state index < -0.39 is 11.9 Å². The van der Waals surface area contributed by atoms with Crippen molar-refractivity contribution in [2.24, 2.45) is 0 Å². The maximum Gasteiger partial charge on any atom is 0.376 e. The summed E-state index contributed by atoms with van der Waals surface area (Å²) in [5, 5.41) is 3.96. The van der Waals surface area contributed by atoms with Crippen LogP contribution in [0.15, 0.2) is 9.15 Å². The minimum absolute atomic E-state index is 0.0961. The van der Waals surface area contributed by atoms with Gasteiger partial charge in [0, 0.05) is 6.92 Å². The Morgan fingerprint density at radius 2 is 2.22 bits per heavy atom. The number of ether oxygens (including phenoxy) is 2. The second-order valence-electron chi connectivity index (χ2n) is 3.22. The van der Waals surface area contributed by atoms with Crippen molar-refractivity contribution in [1.29, 1.82) is 0 Å². The van der Waals surface area contributed by atoms with E-state index in [0.717, 1.165) is 0 Å². The number of rotatable bonds is 3. The van der Waals surface area contributed by atoms with Crippen LogP contribution in [0.5, 0.6) is 0 Å². The number of nitrogens with zero attached hydrogens (tertiary/aromatic N) is 3. The zero-order valence-corrected chi connectivity index (χ0v) is 11.1. The molecule has 8 nitrogen and oxygen atoms in total. The molecule has 9 heteroatoms. The van der Waals surface area contributed by atoms with Gasteiger partial charge in [-0.05, 0) is 15.9 Å². The Morgan fingerprint density at radius 3 is 2.83 bits per heavy atom. The van der Waals surface area contributed by atoms with Gasteiger partial charge in [0.2, 0.25) is 10.5 Å². The molecule has 0 amide bonds. The lowest BCUT2D eigenvalue weighted by molar-refractivity contribution is -0.142. The zero-order valence-electron chi connectivity index (χ0n) is 9.47. The lowest BCUT2D eigenvalue weighted by Crippen LogP contribution is -2.09. The van der Waals surface area contributed by atoms with Gasteiger partial charge >= 0.3 is 17.8 Å². The van der Waals surface area contributed by atoms with Crippen LogP contribution in [0.1, 0.15) is 23.2 Å². The van der Waals surface area contributed by atoms with Crippen LogP contribution in [0, 0.1) is 0 Å². The highest BCUT2D eigenvalue weighted by Crippen LogP contribution is 2.19. The summed E-state index contributed by atoms with van der Waals surface area (Å²) < 4.78 is 16.1. The molecule has 2 aromatic heterocycles. The molecule has 0 N–H and O–H groups in total. The van der Waals surface area contributed by atoms with Gasteiger partial charge < -0.3 is 13.9 Å². The van der Waals surface area contributed by atoms with Crippen LogP contribution >= 0.6 is 15.9 Å². The van der Waals surface area contributed by atoms with Crippen molar-refractivity contribution in [3.63, 3.8) is 0 Å². The van der Waals surface area contributed by atoms with E-state index in [1.165, 1.54) is 18.5 Å². The molecule has 0 radical (unpaired) electrons. The predicted octanol–water partition coefficient (Wildman–Crippen LogP) is 0.934. The van der Waals surface area contributed by atoms with Gasteiger partial charge in [-0.3, -0.25) is 4.79 Å². The lowest BCUT2D eigenvalue weighted by Gasteiger charge is -2.01. The minimum Gasteiger partial charge on any atom is -0.463 e. The van der Waals surface area contributed by atoms with Crippen molar-refractivity contribution >= 4 is 33.7 Å². The second-order valence-corrected chi connectivity index (χ2v) is 3.93. The van der Waals surface area contributed by atoms with E-state index >= 15 is 0 Å². The third-order valence-electron chi connectivity index (χ3n) is 2.05. The Balaban J connectivity index is 2.48. The number of halogens is 1. The van der Waals surface area contributed by atoms with Crippen molar-refractivity contribution < 1.29 is 23.5 Å². The van der Waals surface area contributed by atoms with Gasteiger partial charge in [-0.1, -0.05) is 0 Å². The van der Waals surface area contributed by atoms with Crippen LogP contribution in [0.2, 0.25) is 0 Å². The van der Waals surface area contributed by atoms with E-state index in [-0.39, 0.29) is 23.9 Å². The number of hydrogen-bond acceptors (Lipinski definition) is 7. The van der Waals surface area contributed by atoms with Gasteiger partial charge in [-0.15, -0.1) is 5.10 Å². The summed E-state index contributed by atoms with van der Waals surface area (Å²) in [6.07, 6.45) is 0. The standard InChI is InChI=1S/C9H8BrN3O5/c1-4(14)17-3-5-6(7(15)16-2)18-9-11-8(10)12-13(5)9/h3H2,1-2H3. The first-order valence-corrected chi connectivity index (χ1v) is 5.58. The number of oxazole rings is 1. The molecular formula is C9H8BrN3O5. The third-order valence-corrected chi connectivity index (χ3v) is 2.38. The molecule has 0 unspecified atom stereocenters. The molecule has 0 fully saturated rings. The molecule has 96 valence electrons. The van der Waals surface area contributed by atoms with Crippen LogP contribution in [-0.4, -0.2) is 33.6 Å². The van der Waals surface area contributed by atoms with E-state index in [1.807, 2.05) is 0 Å². The lowest BCUT2D eigenvalue weighted by atomic mass is 10.3. The largest absolute Gasteiger partial charge is 0.463 e. The van der Waals surface area contributed by atoms with Crippen molar-refractivity contribution in [3.8, 4) is 0 Å². The van der Waals surface area contributed by atoms with E-state index in [2.05, 4.69) is 30.7 Å². The van der Waals surface area contributed by atoms with Gasteiger partial charge in [0.25, 0.3) is 0 Å². The average molecular weight is 318 g/mol. The maximum absolute atomic E-state index is 11.5. The van der Waals surface area contributed by atoms with Crippen LogP contribution in [0.4, 0.5) is 0 Å². The Kier molecular flexibility index (Phi) is 3.32. The van der Waals surface area contributed by atoms with Crippen LogP contribution < -0.4 is 0 Å². The number of fused-ring (bicyclic) bond motifs is 1. The fourth-order valence-electron chi connectivity index (χ4n) is 1.31. The van der Waals surface area contributed by atoms with E-state index in [9.17, 15) is 9.59 Å². The predicted molar refractivity (Wildman–Crippen MR) is 59.8 cm³/mol. The van der Waals surface area contributed by atoms with Gasteiger partial charge in [-0.2, -0.15) is 9.50 Å². The number of hydrogen-bond donors (Lipinski definition) is 0. The molecule has 0 spiro atoms. The molecule has 0 bridgehead atoms. The summed E-state index contributed by atoms with van der Waals surface area (Å²) in [6, 6.07) is 0. The maximum atomic E-state index is 11.5. The third kappa shape index (κ3) is 2.21. The fourth-order valence-corrected chi connectivity index (χ4v) is 1.62. The summed E-state index contributed by atoms with van der Waals surface area (Å²) >= 11 is 3.07. The summed E-state index contributed by atoms with van der Waals surface area (Å²) in [5.74, 6) is -1.18. The van der Waals surface area contributed by atoms with Crippen LogP contribution in [0.3, 0.4) is 0 Å². The smallest absolute Gasteiger partial charge is 0.376 e. The molecule has 2 aromatic rings. The highest BCUT2D eigenvalue weighted by molar-refractivity contribution is 9.10. The molecule has 0 atom stereocenters. The quantitative estimate of drug-likeness (QED) is 0.777. The van der Waals surface area contributed by atoms with E-state index in [0.29, 0.717) is 4.73 Å². The number of esters is 2. The molecule has 2 rings (SSSR count). The highest BCUT2D eigenvalue weighted by Gasteiger charge is 2.24. The van der Waals surface area contributed by atoms with Gasteiger partial charge in [0.15, 0.2) is 0 Å². The number of carbonyl (C=O) groups excluding carboxylic acids is 2. The Morgan fingerprint density at radius 1 is 1.50 bits per heavy atom. The molecule has 2 heterocycles. The molecule has 0 aliphatic heterocycles. The second kappa shape index (κ2) is 4.77. The van der Waals surface area contributed by atoms with Crippen molar-refractivity contribution in [2.45, 2.75) is 13.5 Å². The van der Waals surface area contributed by atoms with Crippen molar-refractivity contribution in [3.05, 3.63) is 16.2 Å². The average Bonchev–Trinajstić information content (AvgIpc) is 2.81. The Bertz CT molecular complexity index is 617. The molecule has 0 saturated carbocycles. The molecular weight excluding hydrogens is 310 g/mol. The summed E-state index contributed by atoms with van der Waals surface area (Å²) in [6.45, 7) is 1.09. The van der Waals surface area contributed by atoms with Crippen LogP contribution in [0.25, 0.3) is 5.84 Å². The SMILES string of the molecule is COC(=O)c1oc2nc(Br)nn2c1COC(C)=O. The van der Waals surface area contributed by atoms with E-state index in [1.54, 1.807) is 0 Å². The molecule has 0 aliphatic rings. The van der Waals surface area contributed by atoms with Crippen molar-refractivity contribution in [2.75, 3.05) is 7.11 Å².